The lowest BCUT2D eigenvalue weighted by Crippen LogP contribution is -2.54. The number of piperidine rings is 2. The minimum Gasteiger partial charge on any atom is -0.481 e. The van der Waals surface area contributed by atoms with E-state index in [9.17, 15) is 10.2 Å². The number of aliphatic hydroxyl groups excluding tert-OH is 2. The van der Waals surface area contributed by atoms with Crippen molar-refractivity contribution < 1.29 is 14.9 Å². The van der Waals surface area contributed by atoms with Crippen molar-refractivity contribution in [2.45, 2.75) is 37.3 Å². The maximum absolute atomic E-state index is 9.88. The average Bonchev–Trinajstić information content (AvgIpc) is 2.54. The van der Waals surface area contributed by atoms with Gasteiger partial charge in [0.15, 0.2) is 0 Å². The van der Waals surface area contributed by atoms with Gasteiger partial charge >= 0.3 is 0 Å². The van der Waals surface area contributed by atoms with Gasteiger partial charge < -0.3 is 14.9 Å². The fourth-order valence-corrected chi connectivity index (χ4v) is 3.81. The second kappa shape index (κ2) is 6.30. The molecule has 0 bridgehead atoms. The van der Waals surface area contributed by atoms with Crippen molar-refractivity contribution in [2.75, 3.05) is 26.8 Å². The van der Waals surface area contributed by atoms with Gasteiger partial charge in [-0.3, -0.25) is 4.90 Å². The molecule has 0 saturated carbocycles. The highest BCUT2D eigenvalue weighted by atomic mass is 16.5. The minimum atomic E-state index is -0.216. The molecule has 0 aliphatic carbocycles. The van der Waals surface area contributed by atoms with E-state index in [1.807, 2.05) is 18.2 Å². The van der Waals surface area contributed by atoms with Gasteiger partial charge in [-0.15, -0.1) is 0 Å². The van der Waals surface area contributed by atoms with E-state index in [0.29, 0.717) is 17.8 Å². The maximum Gasteiger partial charge on any atom is 0.213 e. The number of aliphatic hydroxyl groups is 2. The first-order valence-corrected chi connectivity index (χ1v) is 7.75. The summed E-state index contributed by atoms with van der Waals surface area (Å²) >= 11 is 0. The number of nitrogens with zero attached hydrogens (tertiary/aromatic N) is 2. The molecule has 0 unspecified atom stereocenters. The Morgan fingerprint density at radius 1 is 1.38 bits per heavy atom. The lowest BCUT2D eigenvalue weighted by Gasteiger charge is -2.47. The third-order valence-electron chi connectivity index (χ3n) is 4.93. The fraction of sp³-hybridized carbons (Fsp3) is 0.688. The molecular weight excluding hydrogens is 268 g/mol. The zero-order valence-electron chi connectivity index (χ0n) is 12.5. The molecule has 1 aromatic heterocycles. The molecule has 21 heavy (non-hydrogen) atoms. The maximum atomic E-state index is 9.88. The normalized spacial score (nSPS) is 33.5. The van der Waals surface area contributed by atoms with E-state index in [1.165, 1.54) is 0 Å². The summed E-state index contributed by atoms with van der Waals surface area (Å²) in [7, 11) is 1.63. The molecule has 0 spiro atoms. The largest absolute Gasteiger partial charge is 0.481 e. The summed E-state index contributed by atoms with van der Waals surface area (Å²) in [6.07, 6.45) is 2.31. The van der Waals surface area contributed by atoms with Crippen LogP contribution < -0.4 is 4.74 Å². The summed E-state index contributed by atoms with van der Waals surface area (Å²) in [5.41, 5.74) is 1.04. The monoisotopic (exact) mass is 292 g/mol. The molecule has 2 aliphatic heterocycles. The van der Waals surface area contributed by atoms with Gasteiger partial charge in [-0.1, -0.05) is 6.07 Å². The standard InChI is InChI=1S/C16H24N2O3/c1-21-16-4-2-3-14(17-16)11-7-12(10-19)15-8-13(20)5-6-18(15)9-11/h2-4,11-13,15,19-20H,5-10H2,1H3/t11-,12-,13-,15-/m1/s1. The van der Waals surface area contributed by atoms with E-state index in [2.05, 4.69) is 9.88 Å². The highest BCUT2D eigenvalue weighted by molar-refractivity contribution is 5.20. The molecule has 0 radical (unpaired) electrons. The SMILES string of the molecule is COc1cccc([C@@H]2C[C@H](CO)[C@H]3C[C@H](O)CCN3C2)n1. The van der Waals surface area contributed by atoms with Gasteiger partial charge in [0.25, 0.3) is 0 Å². The minimum absolute atomic E-state index is 0.175. The van der Waals surface area contributed by atoms with Crippen LogP contribution in [0.25, 0.3) is 0 Å². The van der Waals surface area contributed by atoms with Gasteiger partial charge in [0, 0.05) is 43.4 Å². The second-order valence-electron chi connectivity index (χ2n) is 6.22. The van der Waals surface area contributed by atoms with E-state index >= 15 is 0 Å². The molecule has 1 aromatic rings. The zero-order chi connectivity index (χ0) is 14.8. The van der Waals surface area contributed by atoms with E-state index in [-0.39, 0.29) is 18.6 Å². The molecule has 5 nitrogen and oxygen atoms in total. The van der Waals surface area contributed by atoms with Crippen LogP contribution in [0.3, 0.4) is 0 Å². The Morgan fingerprint density at radius 3 is 3.00 bits per heavy atom. The Kier molecular flexibility index (Phi) is 4.42. The zero-order valence-corrected chi connectivity index (χ0v) is 12.5. The lowest BCUT2D eigenvalue weighted by molar-refractivity contribution is -0.0263. The van der Waals surface area contributed by atoms with Gasteiger partial charge in [0.05, 0.1) is 13.2 Å². The molecular formula is C16H24N2O3. The van der Waals surface area contributed by atoms with Gasteiger partial charge in [0.1, 0.15) is 0 Å². The van der Waals surface area contributed by atoms with Gasteiger partial charge in [-0.2, -0.15) is 0 Å². The molecule has 2 fully saturated rings. The van der Waals surface area contributed by atoms with Crippen molar-refractivity contribution in [3.63, 3.8) is 0 Å². The third-order valence-corrected chi connectivity index (χ3v) is 4.93. The summed E-state index contributed by atoms with van der Waals surface area (Å²) in [6, 6.07) is 6.18. The number of hydrogen-bond donors (Lipinski definition) is 2. The molecule has 5 heteroatoms. The highest BCUT2D eigenvalue weighted by Gasteiger charge is 2.40. The van der Waals surface area contributed by atoms with Crippen LogP contribution in [0.2, 0.25) is 0 Å². The quantitative estimate of drug-likeness (QED) is 0.870. The van der Waals surface area contributed by atoms with Crippen molar-refractivity contribution in [3.8, 4) is 5.88 Å². The molecule has 2 N–H and O–H groups in total. The number of aromatic nitrogens is 1. The Labute approximate surface area is 125 Å². The van der Waals surface area contributed by atoms with Gasteiger partial charge in [0.2, 0.25) is 5.88 Å². The van der Waals surface area contributed by atoms with Crippen LogP contribution >= 0.6 is 0 Å². The van der Waals surface area contributed by atoms with E-state index < -0.39 is 0 Å². The Bertz CT molecular complexity index is 474. The molecule has 3 rings (SSSR count). The number of hydrogen-bond acceptors (Lipinski definition) is 5. The van der Waals surface area contributed by atoms with E-state index in [1.54, 1.807) is 7.11 Å². The average molecular weight is 292 g/mol. The van der Waals surface area contributed by atoms with Gasteiger partial charge in [-0.25, -0.2) is 4.98 Å². The van der Waals surface area contributed by atoms with Crippen molar-refractivity contribution in [3.05, 3.63) is 23.9 Å². The molecule has 4 atom stereocenters. The van der Waals surface area contributed by atoms with Crippen molar-refractivity contribution >= 4 is 0 Å². The van der Waals surface area contributed by atoms with Crippen LogP contribution in [0, 0.1) is 5.92 Å². The summed E-state index contributed by atoms with van der Waals surface area (Å²) in [5, 5.41) is 19.6. The molecule has 0 aromatic carbocycles. The summed E-state index contributed by atoms with van der Waals surface area (Å²) in [6.45, 7) is 2.03. The highest BCUT2D eigenvalue weighted by Crippen LogP contribution is 2.37. The van der Waals surface area contributed by atoms with Crippen LogP contribution in [0.5, 0.6) is 5.88 Å². The second-order valence-corrected chi connectivity index (χ2v) is 6.22. The van der Waals surface area contributed by atoms with Gasteiger partial charge in [-0.05, 0) is 31.2 Å². The van der Waals surface area contributed by atoms with E-state index in [4.69, 9.17) is 4.74 Å². The first kappa shape index (κ1) is 14.8. The molecule has 2 saturated heterocycles. The summed E-state index contributed by atoms with van der Waals surface area (Å²) < 4.78 is 5.21. The topological polar surface area (TPSA) is 65.8 Å². The van der Waals surface area contributed by atoms with Crippen molar-refractivity contribution in [1.82, 2.24) is 9.88 Å². The number of methoxy groups -OCH3 is 1. The smallest absolute Gasteiger partial charge is 0.213 e. The Balaban J connectivity index is 1.79. The van der Waals surface area contributed by atoms with Crippen LogP contribution in [-0.2, 0) is 0 Å². The van der Waals surface area contributed by atoms with Crippen LogP contribution in [0.15, 0.2) is 18.2 Å². The summed E-state index contributed by atoms with van der Waals surface area (Å²) in [5.74, 6) is 1.18. The predicted molar refractivity (Wildman–Crippen MR) is 79.3 cm³/mol. The van der Waals surface area contributed by atoms with Crippen molar-refractivity contribution in [2.24, 2.45) is 5.92 Å². The fourth-order valence-electron chi connectivity index (χ4n) is 3.81. The van der Waals surface area contributed by atoms with Crippen LogP contribution in [-0.4, -0.2) is 59.0 Å². The van der Waals surface area contributed by atoms with Crippen molar-refractivity contribution in [1.29, 1.82) is 0 Å². The molecule has 0 amide bonds. The number of ether oxygens (including phenoxy) is 1. The first-order chi connectivity index (χ1) is 10.2. The Morgan fingerprint density at radius 2 is 2.24 bits per heavy atom. The molecule has 2 aliphatic rings. The van der Waals surface area contributed by atoms with Crippen LogP contribution in [0.1, 0.15) is 30.9 Å². The Hall–Kier alpha value is -1.17. The third kappa shape index (κ3) is 3.05. The van der Waals surface area contributed by atoms with E-state index in [0.717, 1.165) is 38.0 Å². The summed E-state index contributed by atoms with van der Waals surface area (Å²) in [4.78, 5) is 6.98. The molecule has 116 valence electrons. The number of fused-ring (bicyclic) bond motifs is 1. The number of rotatable bonds is 3. The molecule has 3 heterocycles. The predicted octanol–water partition coefficient (Wildman–Crippen LogP) is 1.01. The van der Waals surface area contributed by atoms with Crippen LogP contribution in [0.4, 0.5) is 0 Å². The number of pyridine rings is 1. The first-order valence-electron chi connectivity index (χ1n) is 7.75. The lowest BCUT2D eigenvalue weighted by atomic mass is 9.77.